The monoisotopic (exact) mass is 222 g/mol. The molecule has 0 aliphatic heterocycles. The molecule has 84 valence electrons. The molecular formula is C14H15LiO2. The molecule has 0 saturated heterocycles. The van der Waals surface area contributed by atoms with Gasteiger partial charge in [0, 0.05) is 12.9 Å². The van der Waals surface area contributed by atoms with Gasteiger partial charge < -0.3 is 9.47 Å². The zero-order valence-electron chi connectivity index (χ0n) is 10.6. The summed E-state index contributed by atoms with van der Waals surface area (Å²) in [4.78, 5) is 0. The standard InChI is InChI=1S/C14H15O2.Li/c1-3-11-6-4-7-12-8-5-9-13(14(11)12)16-10-15-2;/h4-8H,3,10H2,1-2H3;/q-1;+1. The molecule has 0 aliphatic carbocycles. The molecule has 17 heavy (non-hydrogen) atoms. The smallest absolute Gasteiger partial charge is 0.493 e. The first-order valence-corrected chi connectivity index (χ1v) is 5.41. The molecule has 0 saturated carbocycles. The van der Waals surface area contributed by atoms with Gasteiger partial charge in [0.2, 0.25) is 0 Å². The van der Waals surface area contributed by atoms with E-state index in [0.717, 1.165) is 17.6 Å². The third-order valence-electron chi connectivity index (χ3n) is 2.59. The Morgan fingerprint density at radius 3 is 2.76 bits per heavy atom. The molecule has 2 rings (SSSR count). The summed E-state index contributed by atoms with van der Waals surface area (Å²) in [5, 5.41) is 2.33. The fourth-order valence-corrected chi connectivity index (χ4v) is 1.84. The summed E-state index contributed by atoms with van der Waals surface area (Å²) < 4.78 is 10.5. The van der Waals surface area contributed by atoms with E-state index in [-0.39, 0.29) is 25.7 Å². The molecule has 0 bridgehead atoms. The minimum atomic E-state index is 0. The second kappa shape index (κ2) is 6.71. The summed E-state index contributed by atoms with van der Waals surface area (Å²) in [6, 6.07) is 13.3. The number of rotatable bonds is 4. The first-order valence-electron chi connectivity index (χ1n) is 5.41. The van der Waals surface area contributed by atoms with Gasteiger partial charge in [-0.3, -0.25) is 0 Å². The third kappa shape index (κ3) is 3.04. The topological polar surface area (TPSA) is 18.5 Å². The van der Waals surface area contributed by atoms with Crippen molar-refractivity contribution < 1.29 is 28.3 Å². The Morgan fingerprint density at radius 2 is 2.06 bits per heavy atom. The summed E-state index contributed by atoms with van der Waals surface area (Å²) >= 11 is 0. The van der Waals surface area contributed by atoms with Crippen LogP contribution in [0.3, 0.4) is 0 Å². The van der Waals surface area contributed by atoms with Gasteiger partial charge in [0.05, 0.1) is 0 Å². The van der Waals surface area contributed by atoms with Crippen molar-refractivity contribution in [1.82, 2.24) is 0 Å². The molecule has 0 atom stereocenters. The van der Waals surface area contributed by atoms with Crippen LogP contribution in [0, 0.1) is 6.07 Å². The molecule has 2 aromatic carbocycles. The van der Waals surface area contributed by atoms with Gasteiger partial charge in [-0.1, -0.05) is 36.1 Å². The van der Waals surface area contributed by atoms with Crippen LogP contribution in [-0.2, 0) is 11.2 Å². The number of methoxy groups -OCH3 is 1. The molecule has 0 N–H and O–H groups in total. The van der Waals surface area contributed by atoms with Gasteiger partial charge in [0.25, 0.3) is 0 Å². The molecule has 0 fully saturated rings. The van der Waals surface area contributed by atoms with Crippen molar-refractivity contribution >= 4 is 10.8 Å². The SMILES string of the molecule is CCc1cccc2cc[c-]c(OCOC)c12.[Li+]. The number of benzene rings is 2. The molecule has 0 radical (unpaired) electrons. The first-order chi connectivity index (χ1) is 7.86. The van der Waals surface area contributed by atoms with E-state index in [0.29, 0.717) is 0 Å². The van der Waals surface area contributed by atoms with E-state index >= 15 is 0 Å². The van der Waals surface area contributed by atoms with Crippen LogP contribution in [0.2, 0.25) is 0 Å². The van der Waals surface area contributed by atoms with Crippen molar-refractivity contribution in [3.05, 3.63) is 42.0 Å². The summed E-state index contributed by atoms with van der Waals surface area (Å²) in [7, 11) is 1.62. The predicted molar refractivity (Wildman–Crippen MR) is 64.7 cm³/mol. The van der Waals surface area contributed by atoms with Crippen LogP contribution in [0.4, 0.5) is 0 Å². The van der Waals surface area contributed by atoms with Crippen LogP contribution in [-0.4, -0.2) is 13.9 Å². The van der Waals surface area contributed by atoms with Crippen LogP contribution in [0.5, 0.6) is 5.75 Å². The van der Waals surface area contributed by atoms with E-state index in [2.05, 4.69) is 31.2 Å². The van der Waals surface area contributed by atoms with Crippen molar-refractivity contribution in [2.24, 2.45) is 0 Å². The number of hydrogen-bond donors (Lipinski definition) is 0. The Hall–Kier alpha value is -0.943. The van der Waals surface area contributed by atoms with Crippen molar-refractivity contribution in [1.29, 1.82) is 0 Å². The molecule has 2 nitrogen and oxygen atoms in total. The Kier molecular flexibility index (Phi) is 5.57. The van der Waals surface area contributed by atoms with E-state index in [1.54, 1.807) is 7.11 Å². The van der Waals surface area contributed by atoms with Gasteiger partial charge in [-0.2, -0.15) is 12.1 Å². The molecule has 0 aliphatic rings. The Morgan fingerprint density at radius 1 is 1.24 bits per heavy atom. The zero-order valence-corrected chi connectivity index (χ0v) is 10.6. The van der Waals surface area contributed by atoms with Crippen molar-refractivity contribution in [2.45, 2.75) is 13.3 Å². The van der Waals surface area contributed by atoms with Gasteiger partial charge >= 0.3 is 18.9 Å². The second-order valence-electron chi connectivity index (χ2n) is 3.59. The normalized spacial score (nSPS) is 10.0. The molecule has 0 unspecified atom stereocenters. The van der Waals surface area contributed by atoms with Crippen LogP contribution in [0.15, 0.2) is 30.3 Å². The Balaban J connectivity index is 0.00000144. The van der Waals surface area contributed by atoms with Crippen molar-refractivity contribution in [2.75, 3.05) is 13.9 Å². The van der Waals surface area contributed by atoms with Gasteiger partial charge in [-0.25, -0.2) is 0 Å². The maximum absolute atomic E-state index is 5.53. The number of aryl methyl sites for hydroxylation is 1. The average Bonchev–Trinajstić information content (AvgIpc) is 2.35. The first kappa shape index (κ1) is 14.1. The molecule has 0 aromatic heterocycles. The van der Waals surface area contributed by atoms with Crippen LogP contribution >= 0.6 is 0 Å². The maximum Gasteiger partial charge on any atom is 1.00 e. The van der Waals surface area contributed by atoms with E-state index in [1.807, 2.05) is 12.1 Å². The molecule has 3 heteroatoms. The minimum Gasteiger partial charge on any atom is -0.493 e. The van der Waals surface area contributed by atoms with Crippen molar-refractivity contribution in [3.63, 3.8) is 0 Å². The van der Waals surface area contributed by atoms with E-state index < -0.39 is 0 Å². The zero-order chi connectivity index (χ0) is 11.4. The summed E-state index contributed by atoms with van der Waals surface area (Å²) in [5.74, 6) is 0.775. The molecule has 0 amide bonds. The van der Waals surface area contributed by atoms with Gasteiger partial charge in [0.1, 0.15) is 0 Å². The molecule has 2 aromatic rings. The largest absolute Gasteiger partial charge is 1.00 e. The molecular weight excluding hydrogens is 207 g/mol. The van der Waals surface area contributed by atoms with Gasteiger partial charge in [0.15, 0.2) is 6.79 Å². The number of fused-ring (bicyclic) bond motifs is 1. The van der Waals surface area contributed by atoms with Gasteiger partial charge in [-0.05, 0) is 6.42 Å². The van der Waals surface area contributed by atoms with Gasteiger partial charge in [-0.15, -0.1) is 11.5 Å². The average molecular weight is 222 g/mol. The van der Waals surface area contributed by atoms with Crippen LogP contribution in [0.1, 0.15) is 12.5 Å². The molecule has 0 heterocycles. The molecule has 0 spiro atoms. The quantitative estimate of drug-likeness (QED) is 0.417. The third-order valence-corrected chi connectivity index (χ3v) is 2.59. The number of ether oxygens (including phenoxy) is 2. The van der Waals surface area contributed by atoms with Crippen LogP contribution in [0.25, 0.3) is 10.8 Å². The van der Waals surface area contributed by atoms with E-state index in [1.165, 1.54) is 10.9 Å². The summed E-state index contributed by atoms with van der Waals surface area (Å²) in [6.45, 7) is 2.40. The fourth-order valence-electron chi connectivity index (χ4n) is 1.84. The summed E-state index contributed by atoms with van der Waals surface area (Å²) in [5.41, 5.74) is 1.28. The van der Waals surface area contributed by atoms with E-state index in [9.17, 15) is 0 Å². The maximum atomic E-state index is 5.53. The minimum absolute atomic E-state index is 0. The predicted octanol–water partition coefficient (Wildman–Crippen LogP) is 0.189. The summed E-state index contributed by atoms with van der Waals surface area (Å²) in [6.07, 6.45) is 0.985. The Labute approximate surface area is 114 Å². The fraction of sp³-hybridized carbons (Fsp3) is 0.286. The van der Waals surface area contributed by atoms with E-state index in [4.69, 9.17) is 9.47 Å². The number of hydrogen-bond acceptors (Lipinski definition) is 2. The van der Waals surface area contributed by atoms with Crippen molar-refractivity contribution in [3.8, 4) is 5.75 Å². The Bertz CT molecular complexity index is 477. The second-order valence-corrected chi connectivity index (χ2v) is 3.59. The van der Waals surface area contributed by atoms with Crippen LogP contribution < -0.4 is 23.6 Å².